The minimum atomic E-state index is -1.49. The van der Waals surface area contributed by atoms with E-state index in [0.717, 1.165) is 10.9 Å². The molecule has 1 aromatic rings. The minimum absolute atomic E-state index is 1.01. The van der Waals surface area contributed by atoms with Gasteiger partial charge in [0.2, 0.25) is 0 Å². The van der Waals surface area contributed by atoms with Crippen LogP contribution in [0.3, 0.4) is 0 Å². The summed E-state index contributed by atoms with van der Waals surface area (Å²) in [5.74, 6) is 0. The van der Waals surface area contributed by atoms with Crippen LogP contribution in [0.5, 0.6) is 0 Å². The molecule has 1 aromatic carbocycles. The van der Waals surface area contributed by atoms with E-state index in [1.54, 1.807) is 6.66 Å². The third kappa shape index (κ3) is 1.48. The van der Waals surface area contributed by atoms with E-state index in [-0.39, 0.29) is 0 Å². The largest absolute Gasteiger partial charge is 0.322 e. The molecule has 1 rings (SSSR count). The first-order chi connectivity index (χ1) is 4.72. The lowest BCUT2D eigenvalue weighted by Crippen LogP contribution is -1.98. The Hall–Kier alpha value is -0.550. The molecule has 0 saturated carbocycles. The zero-order valence-electron chi connectivity index (χ0n) is 6.22. The van der Waals surface area contributed by atoms with E-state index in [4.69, 9.17) is 0 Å². The molecule has 1 nitrogen and oxygen atoms in total. The summed E-state index contributed by atoms with van der Waals surface area (Å²) < 4.78 is 11.1. The quantitative estimate of drug-likeness (QED) is 0.564. The van der Waals surface area contributed by atoms with Gasteiger partial charge >= 0.3 is 0 Å². The molecule has 0 N–H and O–H groups in total. The predicted octanol–water partition coefficient (Wildman–Crippen LogP) is 1.81. The van der Waals surface area contributed by atoms with Crippen LogP contribution in [0.25, 0.3) is 0 Å². The van der Waals surface area contributed by atoms with E-state index in [0.29, 0.717) is 0 Å². The first-order valence-electron chi connectivity index (χ1n) is 3.28. The summed E-state index contributed by atoms with van der Waals surface area (Å²) in [6, 6.07) is 7.80. The van der Waals surface area contributed by atoms with Crippen LogP contribution in [0.1, 0.15) is 5.56 Å². The summed E-state index contributed by atoms with van der Waals surface area (Å²) in [7, 11) is -1.49. The molecule has 2 heteroatoms. The third-order valence-corrected chi connectivity index (χ3v) is 2.84. The van der Waals surface area contributed by atoms with Crippen molar-refractivity contribution in [1.82, 2.24) is 0 Å². The van der Waals surface area contributed by atoms with Crippen LogP contribution >= 0.6 is 7.80 Å². The maximum absolute atomic E-state index is 11.1. The number of hydrogen-bond donors (Lipinski definition) is 0. The highest BCUT2D eigenvalue weighted by atomic mass is 31.1. The molecular weight excluding hydrogens is 143 g/mol. The van der Waals surface area contributed by atoms with Crippen molar-refractivity contribution in [2.45, 2.75) is 6.92 Å². The highest BCUT2D eigenvalue weighted by molar-refractivity contribution is 7.52. The maximum Gasteiger partial charge on any atom is 0.101 e. The minimum Gasteiger partial charge on any atom is -0.322 e. The van der Waals surface area contributed by atoms with Crippen LogP contribution in [0.15, 0.2) is 24.3 Å². The van der Waals surface area contributed by atoms with Gasteiger partial charge in [-0.15, -0.1) is 0 Å². The predicted molar refractivity (Wildman–Crippen MR) is 45.7 cm³/mol. The average molecular weight is 154 g/mol. The molecule has 54 valence electrons. The van der Waals surface area contributed by atoms with Gasteiger partial charge in [-0.1, -0.05) is 24.3 Å². The maximum atomic E-state index is 11.1. The number of hydrogen-bond acceptors (Lipinski definition) is 1. The average Bonchev–Trinajstić information content (AvgIpc) is 1.88. The van der Waals surface area contributed by atoms with Gasteiger partial charge in [-0.3, -0.25) is 0 Å². The van der Waals surface area contributed by atoms with Gasteiger partial charge in [0.05, 0.1) is 0 Å². The molecule has 0 aliphatic rings. The first kappa shape index (κ1) is 7.56. The van der Waals surface area contributed by atoms with Crippen molar-refractivity contribution in [1.29, 1.82) is 0 Å². The Kier molecular flexibility index (Phi) is 2.29. The van der Waals surface area contributed by atoms with Crippen molar-refractivity contribution in [2.75, 3.05) is 6.66 Å². The van der Waals surface area contributed by atoms with Crippen LogP contribution < -0.4 is 5.30 Å². The van der Waals surface area contributed by atoms with Crippen LogP contribution in [-0.2, 0) is 4.57 Å². The highest BCUT2D eigenvalue weighted by Gasteiger charge is 1.97. The van der Waals surface area contributed by atoms with Crippen molar-refractivity contribution in [2.24, 2.45) is 0 Å². The zero-order chi connectivity index (χ0) is 7.56. The van der Waals surface area contributed by atoms with Crippen LogP contribution in [0.2, 0.25) is 0 Å². The van der Waals surface area contributed by atoms with Crippen molar-refractivity contribution >= 4 is 13.1 Å². The molecule has 0 aliphatic carbocycles. The van der Waals surface area contributed by atoms with Crippen molar-refractivity contribution in [3.63, 3.8) is 0 Å². The summed E-state index contributed by atoms with van der Waals surface area (Å²) in [4.78, 5) is 0. The smallest absolute Gasteiger partial charge is 0.101 e. The molecule has 0 spiro atoms. The molecule has 0 radical (unpaired) electrons. The fourth-order valence-electron chi connectivity index (χ4n) is 0.968. The van der Waals surface area contributed by atoms with Gasteiger partial charge in [0.1, 0.15) is 7.80 Å². The Labute approximate surface area is 61.9 Å². The van der Waals surface area contributed by atoms with Gasteiger partial charge in [-0.2, -0.15) is 0 Å². The second-order valence-electron chi connectivity index (χ2n) is 2.37. The molecule has 1 atom stereocenters. The van der Waals surface area contributed by atoms with E-state index in [1.807, 2.05) is 31.2 Å². The number of aryl methyl sites for hydroxylation is 1. The molecule has 0 bridgehead atoms. The lowest BCUT2D eigenvalue weighted by Gasteiger charge is -1.98. The van der Waals surface area contributed by atoms with Gasteiger partial charge in [-0.05, 0) is 19.2 Å². The molecule has 0 amide bonds. The molecule has 0 aliphatic heterocycles. The van der Waals surface area contributed by atoms with Gasteiger partial charge in [0, 0.05) is 5.30 Å². The highest BCUT2D eigenvalue weighted by Crippen LogP contribution is 2.15. The summed E-state index contributed by atoms with van der Waals surface area (Å²) in [5.41, 5.74) is 1.13. The van der Waals surface area contributed by atoms with E-state index in [1.165, 1.54) is 0 Å². The molecule has 1 unspecified atom stereocenters. The molecule has 10 heavy (non-hydrogen) atoms. The van der Waals surface area contributed by atoms with E-state index >= 15 is 0 Å². The van der Waals surface area contributed by atoms with Crippen LogP contribution in [-0.4, -0.2) is 6.66 Å². The molecule has 0 saturated heterocycles. The summed E-state index contributed by atoms with van der Waals surface area (Å²) in [5, 5.41) is 1.01. The van der Waals surface area contributed by atoms with Gasteiger partial charge in [-0.25, -0.2) is 0 Å². The van der Waals surface area contributed by atoms with E-state index < -0.39 is 7.80 Å². The van der Waals surface area contributed by atoms with Crippen molar-refractivity contribution < 1.29 is 4.57 Å². The lowest BCUT2D eigenvalue weighted by molar-refractivity contribution is 0.596. The van der Waals surface area contributed by atoms with E-state index in [2.05, 4.69) is 0 Å². The Morgan fingerprint density at radius 2 is 1.90 bits per heavy atom. The number of rotatable bonds is 1. The molecule has 0 aromatic heterocycles. The second-order valence-corrected chi connectivity index (χ2v) is 4.02. The second kappa shape index (κ2) is 3.03. The fourth-order valence-corrected chi connectivity index (χ4v) is 1.94. The van der Waals surface area contributed by atoms with Crippen molar-refractivity contribution in [3.8, 4) is 0 Å². The van der Waals surface area contributed by atoms with Crippen LogP contribution in [0.4, 0.5) is 0 Å². The third-order valence-electron chi connectivity index (χ3n) is 1.52. The molecular formula is C8H11OP. The normalized spacial score (nSPS) is 13.0. The summed E-state index contributed by atoms with van der Waals surface area (Å²) in [6.07, 6.45) is 0. The van der Waals surface area contributed by atoms with Gasteiger partial charge in [0.15, 0.2) is 0 Å². The monoisotopic (exact) mass is 154 g/mol. The summed E-state index contributed by atoms with van der Waals surface area (Å²) in [6.45, 7) is 3.76. The van der Waals surface area contributed by atoms with Crippen molar-refractivity contribution in [3.05, 3.63) is 29.8 Å². The summed E-state index contributed by atoms with van der Waals surface area (Å²) >= 11 is 0. The Balaban J connectivity index is 3.15. The standard InChI is InChI=1S/C8H11OP/c1-7-5-3-4-6-8(7)10(2)9/h3-6,10H,1-2H3. The molecule has 0 heterocycles. The first-order valence-corrected chi connectivity index (χ1v) is 5.19. The van der Waals surface area contributed by atoms with Crippen LogP contribution in [0, 0.1) is 6.92 Å². The van der Waals surface area contributed by atoms with Gasteiger partial charge < -0.3 is 4.57 Å². The SMILES string of the molecule is Cc1ccccc1[PH](C)=O. The number of benzene rings is 1. The topological polar surface area (TPSA) is 17.1 Å². The van der Waals surface area contributed by atoms with Gasteiger partial charge in [0.25, 0.3) is 0 Å². The Bertz CT molecular complexity index is 255. The lowest BCUT2D eigenvalue weighted by atomic mass is 10.2. The van der Waals surface area contributed by atoms with E-state index in [9.17, 15) is 4.57 Å². The Morgan fingerprint density at radius 1 is 1.30 bits per heavy atom. The fraction of sp³-hybridized carbons (Fsp3) is 0.250. The molecule has 0 fully saturated rings. The zero-order valence-corrected chi connectivity index (χ0v) is 7.22. The Morgan fingerprint density at radius 3 is 2.30 bits per heavy atom.